The number of benzene rings is 1. The molecule has 0 amide bonds. The molecule has 27 heavy (non-hydrogen) atoms. The van der Waals surface area contributed by atoms with E-state index in [-0.39, 0.29) is 5.54 Å². The third-order valence-electron chi connectivity index (χ3n) is 4.79. The molecule has 3 aromatic heterocycles. The van der Waals surface area contributed by atoms with Crippen molar-refractivity contribution in [3.05, 3.63) is 35.7 Å². The molecule has 7 nitrogen and oxygen atoms in total. The first-order valence-corrected chi connectivity index (χ1v) is 8.85. The summed E-state index contributed by atoms with van der Waals surface area (Å²) in [6, 6.07) is 5.65. The van der Waals surface area contributed by atoms with E-state index in [2.05, 4.69) is 48.0 Å². The monoisotopic (exact) mass is 362 g/mol. The lowest BCUT2D eigenvalue weighted by molar-refractivity contribution is 0.112. The summed E-state index contributed by atoms with van der Waals surface area (Å²) in [5.41, 5.74) is 4.88. The van der Waals surface area contributed by atoms with Gasteiger partial charge in [0.2, 0.25) is 0 Å². The van der Waals surface area contributed by atoms with Crippen LogP contribution in [0, 0.1) is 6.92 Å². The molecule has 0 unspecified atom stereocenters. The van der Waals surface area contributed by atoms with Gasteiger partial charge >= 0.3 is 0 Å². The van der Waals surface area contributed by atoms with Gasteiger partial charge in [-0.05, 0) is 39.3 Å². The van der Waals surface area contributed by atoms with E-state index in [4.69, 9.17) is 5.10 Å². The van der Waals surface area contributed by atoms with Crippen molar-refractivity contribution in [1.29, 1.82) is 0 Å². The molecular formula is C20H22N6O. The van der Waals surface area contributed by atoms with Crippen LogP contribution in [0.5, 0.6) is 0 Å². The van der Waals surface area contributed by atoms with Crippen molar-refractivity contribution in [3.8, 4) is 11.4 Å². The van der Waals surface area contributed by atoms with Crippen LogP contribution in [0.4, 0.5) is 5.82 Å². The summed E-state index contributed by atoms with van der Waals surface area (Å²) in [7, 11) is 1.84. The Morgan fingerprint density at radius 3 is 2.67 bits per heavy atom. The second kappa shape index (κ2) is 5.90. The maximum atomic E-state index is 11.1. The average molecular weight is 362 g/mol. The van der Waals surface area contributed by atoms with Crippen LogP contribution in [-0.4, -0.2) is 38.1 Å². The molecule has 0 aliphatic carbocycles. The lowest BCUT2D eigenvalue weighted by Crippen LogP contribution is -2.23. The number of hydrogen-bond acceptors (Lipinski definition) is 5. The number of aryl methyl sites for hydroxylation is 1. The number of aldehydes is 1. The average Bonchev–Trinajstić information content (AvgIpc) is 3.19. The Bertz CT molecular complexity index is 1180. The molecule has 4 aromatic rings. The fourth-order valence-electron chi connectivity index (χ4n) is 3.45. The summed E-state index contributed by atoms with van der Waals surface area (Å²) in [5, 5.41) is 10.0. The first kappa shape index (κ1) is 17.2. The lowest BCUT2D eigenvalue weighted by atomic mass is 10.1. The van der Waals surface area contributed by atoms with Crippen LogP contribution >= 0.6 is 0 Å². The number of nitrogens with zero attached hydrogens (tertiary/aromatic N) is 4. The van der Waals surface area contributed by atoms with Crippen LogP contribution in [0.15, 0.2) is 24.5 Å². The molecule has 0 atom stereocenters. The van der Waals surface area contributed by atoms with Gasteiger partial charge < -0.3 is 10.3 Å². The summed E-state index contributed by atoms with van der Waals surface area (Å²) in [5.74, 6) is 0.733. The van der Waals surface area contributed by atoms with Crippen molar-refractivity contribution in [2.24, 2.45) is 0 Å². The van der Waals surface area contributed by atoms with Crippen LogP contribution in [0.2, 0.25) is 0 Å². The van der Waals surface area contributed by atoms with Crippen LogP contribution in [0.3, 0.4) is 0 Å². The smallest absolute Gasteiger partial charge is 0.164 e. The van der Waals surface area contributed by atoms with Gasteiger partial charge in [-0.25, -0.2) is 14.6 Å². The van der Waals surface area contributed by atoms with Gasteiger partial charge in [-0.2, -0.15) is 5.10 Å². The maximum Gasteiger partial charge on any atom is 0.164 e. The summed E-state index contributed by atoms with van der Waals surface area (Å²) in [4.78, 5) is 23.5. The van der Waals surface area contributed by atoms with Crippen molar-refractivity contribution in [2.45, 2.75) is 33.2 Å². The number of rotatable bonds is 3. The first-order valence-electron chi connectivity index (χ1n) is 8.85. The van der Waals surface area contributed by atoms with Gasteiger partial charge in [0.15, 0.2) is 5.65 Å². The zero-order chi connectivity index (χ0) is 19.3. The van der Waals surface area contributed by atoms with E-state index >= 15 is 0 Å². The molecule has 0 saturated heterocycles. The molecule has 0 spiro atoms. The Morgan fingerprint density at radius 1 is 1.22 bits per heavy atom. The topological polar surface area (TPSA) is 88.5 Å². The van der Waals surface area contributed by atoms with Crippen LogP contribution < -0.4 is 5.32 Å². The Morgan fingerprint density at radius 2 is 2.00 bits per heavy atom. The zero-order valence-electron chi connectivity index (χ0n) is 16.1. The zero-order valence-corrected chi connectivity index (χ0v) is 16.1. The summed E-state index contributed by atoms with van der Waals surface area (Å²) < 4.78 is 1.93. The fourth-order valence-corrected chi connectivity index (χ4v) is 3.45. The second-order valence-corrected chi connectivity index (χ2v) is 7.65. The summed E-state index contributed by atoms with van der Waals surface area (Å²) >= 11 is 0. The van der Waals surface area contributed by atoms with Gasteiger partial charge in [-0.3, -0.25) is 4.79 Å². The Kier molecular flexibility index (Phi) is 3.76. The van der Waals surface area contributed by atoms with E-state index in [0.717, 1.165) is 51.0 Å². The van der Waals surface area contributed by atoms with E-state index in [9.17, 15) is 4.79 Å². The molecule has 0 radical (unpaired) electrons. The number of anilines is 1. The summed E-state index contributed by atoms with van der Waals surface area (Å²) in [6.07, 6.45) is 2.41. The minimum absolute atomic E-state index is 0.236. The molecule has 2 N–H and O–H groups in total. The number of aromatic amines is 1. The molecule has 0 fully saturated rings. The molecule has 7 heteroatoms. The molecule has 0 bridgehead atoms. The second-order valence-electron chi connectivity index (χ2n) is 7.65. The largest absolute Gasteiger partial charge is 0.372 e. The van der Waals surface area contributed by atoms with Gasteiger partial charge in [0.1, 0.15) is 24.1 Å². The number of carbonyl (C=O) groups excluding carboxylic acids is 1. The van der Waals surface area contributed by atoms with Crippen molar-refractivity contribution < 1.29 is 4.79 Å². The molecular weight excluding hydrogens is 340 g/mol. The minimum Gasteiger partial charge on any atom is -0.372 e. The predicted octanol–water partition coefficient (Wildman–Crippen LogP) is 3.89. The van der Waals surface area contributed by atoms with Crippen LogP contribution in [0.1, 0.15) is 36.7 Å². The van der Waals surface area contributed by atoms with Crippen LogP contribution in [0.25, 0.3) is 33.3 Å². The third kappa shape index (κ3) is 2.58. The van der Waals surface area contributed by atoms with Crippen molar-refractivity contribution in [1.82, 2.24) is 24.7 Å². The number of H-pyrrole nitrogens is 1. The Hall–Kier alpha value is -3.22. The number of aromatic nitrogens is 5. The van der Waals surface area contributed by atoms with Gasteiger partial charge in [-0.15, -0.1) is 0 Å². The highest BCUT2D eigenvalue weighted by atomic mass is 16.1. The molecule has 138 valence electrons. The number of nitrogens with one attached hydrogen (secondary N) is 2. The van der Waals surface area contributed by atoms with E-state index in [1.165, 1.54) is 0 Å². The molecule has 0 aliphatic heterocycles. The van der Waals surface area contributed by atoms with Crippen molar-refractivity contribution >= 4 is 34.0 Å². The minimum atomic E-state index is -0.236. The third-order valence-corrected chi connectivity index (χ3v) is 4.79. The fraction of sp³-hybridized carbons (Fsp3) is 0.300. The highest BCUT2D eigenvalue weighted by Crippen LogP contribution is 2.37. The predicted molar refractivity (Wildman–Crippen MR) is 107 cm³/mol. The number of carbonyl (C=O) groups is 1. The van der Waals surface area contributed by atoms with Crippen LogP contribution in [-0.2, 0) is 5.54 Å². The molecule has 4 rings (SSSR count). The number of hydrogen-bond donors (Lipinski definition) is 2. The lowest BCUT2D eigenvalue weighted by Gasteiger charge is -2.19. The van der Waals surface area contributed by atoms with Crippen molar-refractivity contribution in [2.75, 3.05) is 12.4 Å². The molecule has 1 aromatic carbocycles. The molecule has 0 saturated carbocycles. The van der Waals surface area contributed by atoms with Crippen molar-refractivity contribution in [3.63, 3.8) is 0 Å². The first-order chi connectivity index (χ1) is 12.8. The number of fused-ring (bicyclic) bond motifs is 2. The van der Waals surface area contributed by atoms with E-state index in [0.29, 0.717) is 5.56 Å². The maximum absolute atomic E-state index is 11.1. The molecule has 3 heterocycles. The highest BCUT2D eigenvalue weighted by molar-refractivity contribution is 6.02. The molecule has 0 aliphatic rings. The van der Waals surface area contributed by atoms with Gasteiger partial charge in [0.25, 0.3) is 0 Å². The van der Waals surface area contributed by atoms with E-state index in [1.807, 2.05) is 29.9 Å². The highest BCUT2D eigenvalue weighted by Gasteiger charge is 2.26. The van der Waals surface area contributed by atoms with Gasteiger partial charge in [0.05, 0.1) is 16.6 Å². The Labute approximate surface area is 156 Å². The van der Waals surface area contributed by atoms with Gasteiger partial charge in [-0.1, -0.05) is 12.1 Å². The standard InChI is InChI=1S/C20H22N6O/c1-11-13-7-6-12(9-27)8-14(13)24-16(11)17-15-18(21-5)22-10-23-19(15)26(25-17)20(2,3)4/h6-10,24H,1-5H3,(H,21,22,23). The SMILES string of the molecule is CNc1ncnc2c1c(-c1[nH]c3cc(C=O)ccc3c1C)nn2C(C)(C)C. The Balaban J connectivity index is 2.09. The normalized spacial score (nSPS) is 12.0. The van der Waals surface area contributed by atoms with E-state index in [1.54, 1.807) is 6.33 Å². The van der Waals surface area contributed by atoms with Gasteiger partial charge in [0, 0.05) is 23.5 Å². The summed E-state index contributed by atoms with van der Waals surface area (Å²) in [6.45, 7) is 8.34. The quantitative estimate of drug-likeness (QED) is 0.540. The van der Waals surface area contributed by atoms with E-state index < -0.39 is 0 Å².